The van der Waals surface area contributed by atoms with Crippen LogP contribution in [0.25, 0.3) is 0 Å². The van der Waals surface area contributed by atoms with Crippen LogP contribution in [-0.4, -0.2) is 37.8 Å². The first-order valence-electron chi connectivity index (χ1n) is 9.19. The Morgan fingerprint density at radius 3 is 2.12 bits per heavy atom. The molecule has 6 heteroatoms. The molecule has 0 spiro atoms. The second-order valence-corrected chi connectivity index (χ2v) is 9.22. The predicted octanol–water partition coefficient (Wildman–Crippen LogP) is 3.27. The molecule has 0 bridgehead atoms. The Labute approximate surface area is 151 Å². The molecular formula is C19H30N2O3S. The number of rotatable bonds is 6. The third kappa shape index (κ3) is 4.82. The van der Waals surface area contributed by atoms with E-state index in [2.05, 4.69) is 19.2 Å². The zero-order chi connectivity index (χ0) is 18.6. The van der Waals surface area contributed by atoms with Crippen molar-refractivity contribution in [1.82, 2.24) is 9.62 Å². The van der Waals surface area contributed by atoms with Gasteiger partial charge in [0, 0.05) is 24.7 Å². The van der Waals surface area contributed by atoms with Gasteiger partial charge in [-0.25, -0.2) is 8.42 Å². The average Bonchev–Trinajstić information content (AvgIpc) is 2.58. The summed E-state index contributed by atoms with van der Waals surface area (Å²) >= 11 is 0. The lowest BCUT2D eigenvalue weighted by Crippen LogP contribution is -2.42. The maximum Gasteiger partial charge on any atom is 0.251 e. The predicted molar refractivity (Wildman–Crippen MR) is 100.0 cm³/mol. The van der Waals surface area contributed by atoms with Crippen LogP contribution in [0.1, 0.15) is 57.3 Å². The summed E-state index contributed by atoms with van der Waals surface area (Å²) in [5, 5.41) is 2.97. The summed E-state index contributed by atoms with van der Waals surface area (Å²) in [6.45, 7) is 9.36. The third-order valence-electron chi connectivity index (χ3n) is 4.91. The van der Waals surface area contributed by atoms with Crippen LogP contribution in [0.3, 0.4) is 0 Å². The Morgan fingerprint density at radius 1 is 1.12 bits per heavy atom. The van der Waals surface area contributed by atoms with Crippen molar-refractivity contribution in [1.29, 1.82) is 0 Å². The monoisotopic (exact) mass is 366 g/mol. The average molecular weight is 367 g/mol. The van der Waals surface area contributed by atoms with E-state index in [1.165, 1.54) is 0 Å². The van der Waals surface area contributed by atoms with Crippen LogP contribution in [0.5, 0.6) is 0 Å². The molecule has 2 rings (SSSR count). The van der Waals surface area contributed by atoms with Gasteiger partial charge in [-0.1, -0.05) is 27.7 Å². The summed E-state index contributed by atoms with van der Waals surface area (Å²) in [6.07, 6.45) is 2.81. The number of nitrogens with one attached hydrogen (secondary N) is 1. The molecule has 1 aromatic rings. The first-order chi connectivity index (χ1) is 11.8. The molecule has 1 aromatic carbocycles. The van der Waals surface area contributed by atoms with Crippen LogP contribution in [0, 0.1) is 11.8 Å². The number of nitrogens with zero attached hydrogens (tertiary/aromatic N) is 1. The van der Waals surface area contributed by atoms with Gasteiger partial charge in [-0.15, -0.1) is 0 Å². The molecule has 0 unspecified atom stereocenters. The zero-order valence-electron chi connectivity index (χ0n) is 15.7. The Hall–Kier alpha value is -1.40. The summed E-state index contributed by atoms with van der Waals surface area (Å²) in [4.78, 5) is 12.5. The van der Waals surface area contributed by atoms with Crippen molar-refractivity contribution in [3.8, 4) is 0 Å². The highest BCUT2D eigenvalue weighted by Crippen LogP contribution is 2.26. The van der Waals surface area contributed by atoms with Crippen LogP contribution in [0.4, 0.5) is 0 Å². The van der Waals surface area contributed by atoms with Crippen molar-refractivity contribution >= 4 is 15.9 Å². The molecule has 2 atom stereocenters. The van der Waals surface area contributed by atoms with Crippen LogP contribution in [0.2, 0.25) is 0 Å². The van der Waals surface area contributed by atoms with Gasteiger partial charge in [-0.2, -0.15) is 4.31 Å². The lowest BCUT2D eigenvalue weighted by atomic mass is 9.94. The molecule has 1 amide bonds. The molecular weight excluding hydrogens is 336 g/mol. The van der Waals surface area contributed by atoms with Gasteiger partial charge in [0.05, 0.1) is 4.90 Å². The Balaban J connectivity index is 2.14. The van der Waals surface area contributed by atoms with E-state index in [1.54, 1.807) is 28.6 Å². The summed E-state index contributed by atoms with van der Waals surface area (Å²) < 4.78 is 27.3. The van der Waals surface area contributed by atoms with Gasteiger partial charge >= 0.3 is 0 Å². The van der Waals surface area contributed by atoms with Crippen molar-refractivity contribution in [3.05, 3.63) is 29.8 Å². The molecule has 1 fully saturated rings. The van der Waals surface area contributed by atoms with Gasteiger partial charge in [0.15, 0.2) is 0 Å². The van der Waals surface area contributed by atoms with E-state index in [1.807, 2.05) is 13.8 Å². The van der Waals surface area contributed by atoms with E-state index in [0.717, 1.165) is 19.3 Å². The highest BCUT2D eigenvalue weighted by molar-refractivity contribution is 7.89. The first kappa shape index (κ1) is 19.9. The summed E-state index contributed by atoms with van der Waals surface area (Å²) in [7, 11) is -3.50. The smallest absolute Gasteiger partial charge is 0.251 e. The molecule has 5 nitrogen and oxygen atoms in total. The summed E-state index contributed by atoms with van der Waals surface area (Å²) in [5.74, 6) is 0.574. The fraction of sp³-hybridized carbons (Fsp3) is 0.632. The molecule has 0 aromatic heterocycles. The molecule has 0 saturated carbocycles. The van der Waals surface area contributed by atoms with Crippen molar-refractivity contribution < 1.29 is 13.2 Å². The zero-order valence-corrected chi connectivity index (χ0v) is 16.5. The molecule has 0 aliphatic carbocycles. The van der Waals surface area contributed by atoms with E-state index < -0.39 is 10.0 Å². The third-order valence-corrected chi connectivity index (χ3v) is 6.76. The molecule has 0 radical (unpaired) electrons. The fourth-order valence-electron chi connectivity index (χ4n) is 3.49. The van der Waals surface area contributed by atoms with Gasteiger partial charge < -0.3 is 5.32 Å². The van der Waals surface area contributed by atoms with E-state index in [4.69, 9.17) is 0 Å². The Morgan fingerprint density at radius 2 is 1.64 bits per heavy atom. The summed E-state index contributed by atoms with van der Waals surface area (Å²) in [6, 6.07) is 6.43. The molecule has 1 N–H and O–H groups in total. The van der Waals surface area contributed by atoms with E-state index in [9.17, 15) is 13.2 Å². The van der Waals surface area contributed by atoms with Gasteiger partial charge in [0.1, 0.15) is 0 Å². The molecule has 140 valence electrons. The maximum absolute atomic E-state index is 12.9. The number of carbonyl (C=O) groups excluding carboxylic acids is 1. The SMILES string of the molecule is CCC(CC)NC(=O)c1ccc(S(=O)(=O)N2C[C@H](C)C[C@H](C)C2)cc1. The highest BCUT2D eigenvalue weighted by Gasteiger charge is 2.31. The van der Waals surface area contributed by atoms with Gasteiger partial charge in [-0.05, 0) is 55.4 Å². The van der Waals surface area contributed by atoms with Crippen molar-refractivity contribution in [2.45, 2.75) is 57.9 Å². The summed E-state index contributed by atoms with van der Waals surface area (Å²) in [5.41, 5.74) is 0.492. The van der Waals surface area contributed by atoms with Crippen LogP contribution >= 0.6 is 0 Å². The molecule has 1 saturated heterocycles. The number of carbonyl (C=O) groups is 1. The molecule has 1 aliphatic heterocycles. The van der Waals surface area contributed by atoms with Crippen LogP contribution in [0.15, 0.2) is 29.2 Å². The number of hydrogen-bond donors (Lipinski definition) is 1. The fourth-order valence-corrected chi connectivity index (χ4v) is 5.17. The lowest BCUT2D eigenvalue weighted by molar-refractivity contribution is 0.0934. The highest BCUT2D eigenvalue weighted by atomic mass is 32.2. The lowest BCUT2D eigenvalue weighted by Gasteiger charge is -2.34. The van der Waals surface area contributed by atoms with Crippen molar-refractivity contribution in [2.75, 3.05) is 13.1 Å². The number of benzene rings is 1. The molecule has 1 aliphatic rings. The number of hydrogen-bond acceptors (Lipinski definition) is 3. The van der Waals surface area contributed by atoms with Gasteiger partial charge in [-0.3, -0.25) is 4.79 Å². The standard InChI is InChI=1S/C19H30N2O3S/c1-5-17(6-2)20-19(22)16-7-9-18(10-8-16)25(23,24)21-12-14(3)11-15(4)13-21/h7-10,14-15,17H,5-6,11-13H2,1-4H3,(H,20,22)/t14-,15+. The normalized spacial score (nSPS) is 22.1. The largest absolute Gasteiger partial charge is 0.349 e. The minimum Gasteiger partial charge on any atom is -0.349 e. The quantitative estimate of drug-likeness (QED) is 0.840. The number of piperidine rings is 1. The molecule has 25 heavy (non-hydrogen) atoms. The van der Waals surface area contributed by atoms with Gasteiger partial charge in [0.25, 0.3) is 5.91 Å². The van der Waals surface area contributed by atoms with Crippen molar-refractivity contribution in [2.24, 2.45) is 11.8 Å². The van der Waals surface area contributed by atoms with Gasteiger partial charge in [0.2, 0.25) is 10.0 Å². The topological polar surface area (TPSA) is 66.5 Å². The minimum atomic E-state index is -3.50. The van der Waals surface area contributed by atoms with E-state index >= 15 is 0 Å². The van der Waals surface area contributed by atoms with Crippen molar-refractivity contribution in [3.63, 3.8) is 0 Å². The Bertz CT molecular complexity index is 671. The number of sulfonamides is 1. The maximum atomic E-state index is 12.9. The van der Waals surface area contributed by atoms with Crippen LogP contribution < -0.4 is 5.32 Å². The van der Waals surface area contributed by atoms with E-state index in [-0.39, 0.29) is 16.8 Å². The second kappa shape index (κ2) is 8.32. The minimum absolute atomic E-state index is 0.146. The second-order valence-electron chi connectivity index (χ2n) is 7.28. The number of amides is 1. The first-order valence-corrected chi connectivity index (χ1v) is 10.6. The molecule has 1 heterocycles. The Kier molecular flexibility index (Phi) is 6.63. The van der Waals surface area contributed by atoms with Crippen LogP contribution in [-0.2, 0) is 10.0 Å². The van der Waals surface area contributed by atoms with E-state index in [0.29, 0.717) is 30.5 Å².